The number of halogens is 1. The standard InChI is InChI=1S/C26H30ClNO3/c1-16-23-12-17-4-9-21(29)13-22(17)25(16,2)10-11-28(23)15-19-14-26(19,24(30)31-3)18-5-7-20(27)8-6-18/h4-9,13,16,19,23,29H,10-12,14-15H2,1-3H3/t16-,19+,23+,25-,26-/m0/s1. The molecular weight excluding hydrogens is 410 g/mol. The third-order valence-corrected chi connectivity index (χ3v) is 8.83. The van der Waals surface area contributed by atoms with Crippen LogP contribution in [0, 0.1) is 11.8 Å². The molecule has 5 heteroatoms. The van der Waals surface area contributed by atoms with E-state index in [-0.39, 0.29) is 17.3 Å². The van der Waals surface area contributed by atoms with E-state index in [2.05, 4.69) is 24.8 Å². The average molecular weight is 440 g/mol. The maximum absolute atomic E-state index is 12.9. The summed E-state index contributed by atoms with van der Waals surface area (Å²) in [5.74, 6) is 0.951. The van der Waals surface area contributed by atoms with Gasteiger partial charge in [-0.2, -0.15) is 0 Å². The SMILES string of the molecule is COC(=O)[C@]1(c2ccc(Cl)cc2)C[C@@H]1CN1CC[C@]2(C)c3cc(O)ccc3C[C@@H]1[C@@H]2C. The van der Waals surface area contributed by atoms with Gasteiger partial charge in [-0.25, -0.2) is 0 Å². The van der Waals surface area contributed by atoms with E-state index in [0.29, 0.717) is 22.7 Å². The number of hydrogen-bond donors (Lipinski definition) is 1. The van der Waals surface area contributed by atoms with Gasteiger partial charge >= 0.3 is 5.97 Å². The van der Waals surface area contributed by atoms with Crippen LogP contribution in [-0.2, 0) is 26.8 Å². The zero-order valence-corrected chi connectivity index (χ0v) is 19.2. The molecule has 0 unspecified atom stereocenters. The molecule has 5 atom stereocenters. The van der Waals surface area contributed by atoms with Crippen molar-refractivity contribution in [2.24, 2.45) is 11.8 Å². The highest BCUT2D eigenvalue weighted by Gasteiger charge is 2.63. The summed E-state index contributed by atoms with van der Waals surface area (Å²) in [7, 11) is 1.48. The second-order valence-electron chi connectivity index (χ2n) is 9.93. The van der Waals surface area contributed by atoms with Gasteiger partial charge in [0, 0.05) is 17.6 Å². The van der Waals surface area contributed by atoms with Crippen LogP contribution in [0.5, 0.6) is 5.75 Å². The topological polar surface area (TPSA) is 49.8 Å². The summed E-state index contributed by atoms with van der Waals surface area (Å²) in [5, 5.41) is 10.7. The number of hydrogen-bond acceptors (Lipinski definition) is 4. The van der Waals surface area contributed by atoms with Gasteiger partial charge in [0.25, 0.3) is 0 Å². The largest absolute Gasteiger partial charge is 0.508 e. The number of rotatable bonds is 4. The van der Waals surface area contributed by atoms with Gasteiger partial charge in [-0.15, -0.1) is 0 Å². The van der Waals surface area contributed by atoms with Gasteiger partial charge in [0.1, 0.15) is 5.75 Å². The predicted molar refractivity (Wildman–Crippen MR) is 122 cm³/mol. The lowest BCUT2D eigenvalue weighted by Gasteiger charge is -2.54. The maximum Gasteiger partial charge on any atom is 0.316 e. The molecule has 2 aromatic rings. The predicted octanol–water partition coefficient (Wildman–Crippen LogP) is 4.70. The molecule has 0 spiro atoms. The van der Waals surface area contributed by atoms with Crippen LogP contribution >= 0.6 is 11.6 Å². The van der Waals surface area contributed by atoms with Gasteiger partial charge in [0.2, 0.25) is 0 Å². The summed E-state index contributed by atoms with van der Waals surface area (Å²) in [6.07, 6.45) is 2.87. The molecule has 0 radical (unpaired) electrons. The van der Waals surface area contributed by atoms with E-state index in [1.807, 2.05) is 36.4 Å². The third kappa shape index (κ3) is 3.10. The molecule has 1 N–H and O–H groups in total. The van der Waals surface area contributed by atoms with Crippen LogP contribution in [0.3, 0.4) is 0 Å². The van der Waals surface area contributed by atoms with Crippen molar-refractivity contribution in [3.8, 4) is 5.75 Å². The summed E-state index contributed by atoms with van der Waals surface area (Å²) in [6, 6.07) is 14.0. The number of esters is 1. The molecule has 5 rings (SSSR count). The number of ether oxygens (including phenoxy) is 1. The third-order valence-electron chi connectivity index (χ3n) is 8.58. The number of nitrogens with zero attached hydrogens (tertiary/aromatic N) is 1. The van der Waals surface area contributed by atoms with Gasteiger partial charge < -0.3 is 9.84 Å². The molecular formula is C26H30ClNO3. The molecule has 4 nitrogen and oxygen atoms in total. The summed E-state index contributed by atoms with van der Waals surface area (Å²) in [6.45, 7) is 6.61. The van der Waals surface area contributed by atoms with Crippen LogP contribution in [0.15, 0.2) is 42.5 Å². The minimum absolute atomic E-state index is 0.0760. The highest BCUT2D eigenvalue weighted by atomic mass is 35.5. The fourth-order valence-electron chi connectivity index (χ4n) is 6.41. The van der Waals surface area contributed by atoms with Crippen LogP contribution in [0.2, 0.25) is 5.02 Å². The minimum Gasteiger partial charge on any atom is -0.508 e. The second-order valence-corrected chi connectivity index (χ2v) is 10.4. The molecule has 2 aliphatic carbocycles. The van der Waals surface area contributed by atoms with Crippen LogP contribution in [-0.4, -0.2) is 42.2 Å². The molecule has 1 heterocycles. The summed E-state index contributed by atoms with van der Waals surface area (Å²) >= 11 is 6.09. The minimum atomic E-state index is -0.554. The highest BCUT2D eigenvalue weighted by Crippen LogP contribution is 2.57. The Kier molecular flexibility index (Phi) is 4.87. The van der Waals surface area contributed by atoms with Crippen molar-refractivity contribution in [1.82, 2.24) is 4.90 Å². The van der Waals surface area contributed by atoms with E-state index < -0.39 is 5.41 Å². The number of phenols is 1. The molecule has 31 heavy (non-hydrogen) atoms. The van der Waals surface area contributed by atoms with Crippen molar-refractivity contribution < 1.29 is 14.6 Å². The van der Waals surface area contributed by atoms with Crippen molar-refractivity contribution in [2.75, 3.05) is 20.2 Å². The number of benzene rings is 2. The Balaban J connectivity index is 1.41. The summed E-state index contributed by atoms with van der Waals surface area (Å²) in [5.41, 5.74) is 3.19. The zero-order valence-electron chi connectivity index (χ0n) is 18.4. The summed E-state index contributed by atoms with van der Waals surface area (Å²) < 4.78 is 5.24. The highest BCUT2D eigenvalue weighted by molar-refractivity contribution is 6.30. The first-order valence-corrected chi connectivity index (χ1v) is 11.6. The van der Waals surface area contributed by atoms with Crippen LogP contribution in [0.1, 0.15) is 43.4 Å². The Bertz CT molecular complexity index is 1020. The fourth-order valence-corrected chi connectivity index (χ4v) is 6.53. The van der Waals surface area contributed by atoms with E-state index in [1.54, 1.807) is 0 Å². The fraction of sp³-hybridized carbons (Fsp3) is 0.500. The Morgan fingerprint density at radius 1 is 1.26 bits per heavy atom. The number of carbonyl (C=O) groups is 1. The van der Waals surface area contributed by atoms with Crippen LogP contribution in [0.4, 0.5) is 0 Å². The number of carbonyl (C=O) groups excluding carboxylic acids is 1. The number of aromatic hydroxyl groups is 1. The first kappa shape index (κ1) is 20.8. The Morgan fingerprint density at radius 2 is 2.00 bits per heavy atom. The van der Waals surface area contributed by atoms with Gasteiger partial charge in [-0.3, -0.25) is 9.69 Å². The molecule has 0 amide bonds. The molecule has 1 saturated heterocycles. The second kappa shape index (κ2) is 7.25. The molecule has 1 saturated carbocycles. The monoisotopic (exact) mass is 439 g/mol. The van der Waals surface area contributed by atoms with Crippen molar-refractivity contribution in [1.29, 1.82) is 0 Å². The maximum atomic E-state index is 12.9. The number of likely N-dealkylation sites (tertiary alicyclic amines) is 1. The number of piperidine rings is 1. The quantitative estimate of drug-likeness (QED) is 0.701. The smallest absolute Gasteiger partial charge is 0.316 e. The Labute approximate surface area is 189 Å². The molecule has 2 bridgehead atoms. The number of phenolic OH excluding ortho intramolecular Hbond substituents is 1. The summed E-state index contributed by atoms with van der Waals surface area (Å²) in [4.78, 5) is 15.5. The van der Waals surface area contributed by atoms with Crippen LogP contribution < -0.4 is 0 Å². The lowest BCUT2D eigenvalue weighted by Crippen LogP contribution is -2.58. The van der Waals surface area contributed by atoms with Crippen molar-refractivity contribution in [3.63, 3.8) is 0 Å². The lowest BCUT2D eigenvalue weighted by molar-refractivity contribution is -0.144. The van der Waals surface area contributed by atoms with Gasteiger partial charge in [0.05, 0.1) is 12.5 Å². The van der Waals surface area contributed by atoms with E-state index in [0.717, 1.165) is 37.9 Å². The van der Waals surface area contributed by atoms with Crippen molar-refractivity contribution in [3.05, 3.63) is 64.2 Å². The van der Waals surface area contributed by atoms with Gasteiger partial charge in [-0.1, -0.05) is 43.6 Å². The number of methoxy groups -OCH3 is 1. The molecule has 3 aliphatic rings. The Hall–Kier alpha value is -2.04. The molecule has 164 valence electrons. The van der Waals surface area contributed by atoms with Gasteiger partial charge in [-0.05, 0) is 84.0 Å². The molecule has 0 aromatic heterocycles. The first-order valence-electron chi connectivity index (χ1n) is 11.2. The zero-order chi connectivity index (χ0) is 22.0. The van der Waals surface area contributed by atoms with Crippen LogP contribution in [0.25, 0.3) is 0 Å². The first-order chi connectivity index (χ1) is 14.8. The molecule has 2 fully saturated rings. The lowest BCUT2D eigenvalue weighted by atomic mass is 9.59. The van der Waals surface area contributed by atoms with Crippen molar-refractivity contribution in [2.45, 2.75) is 50.0 Å². The van der Waals surface area contributed by atoms with E-state index in [1.165, 1.54) is 18.2 Å². The van der Waals surface area contributed by atoms with E-state index in [9.17, 15) is 9.90 Å². The average Bonchev–Trinajstić information content (AvgIpc) is 3.48. The normalized spacial score (nSPS) is 34.1. The number of fused-ring (bicyclic) bond motifs is 4. The van der Waals surface area contributed by atoms with Crippen molar-refractivity contribution >= 4 is 17.6 Å². The molecule has 1 aliphatic heterocycles. The van der Waals surface area contributed by atoms with E-state index >= 15 is 0 Å². The Morgan fingerprint density at radius 3 is 2.71 bits per heavy atom. The van der Waals surface area contributed by atoms with Gasteiger partial charge in [0.15, 0.2) is 0 Å². The molecule has 2 aromatic carbocycles. The van der Waals surface area contributed by atoms with E-state index in [4.69, 9.17) is 16.3 Å².